The number of nitrogens with zero attached hydrogens (tertiary/aromatic N) is 1. The van der Waals surface area contributed by atoms with E-state index in [1.807, 2.05) is 24.3 Å². The molecule has 0 fully saturated rings. The quantitative estimate of drug-likeness (QED) is 0.0788. The van der Waals surface area contributed by atoms with Gasteiger partial charge in [0.25, 0.3) is 11.8 Å². The Bertz CT molecular complexity index is 1410. The van der Waals surface area contributed by atoms with Crippen LogP contribution in [0.2, 0.25) is 0 Å². The minimum atomic E-state index is -0.421. The second-order valence-corrected chi connectivity index (χ2v) is 12.9. The van der Waals surface area contributed by atoms with Gasteiger partial charge in [-0.05, 0) is 28.7 Å². The lowest BCUT2D eigenvalue weighted by atomic mass is 9.98. The van der Waals surface area contributed by atoms with Crippen LogP contribution in [0.15, 0.2) is 60.7 Å². The van der Waals surface area contributed by atoms with Gasteiger partial charge in [0.05, 0.1) is 132 Å². The van der Waals surface area contributed by atoms with Gasteiger partial charge in [-0.15, -0.1) is 0 Å². The molecule has 0 atom stereocenters. The Balaban J connectivity index is 0.776. The summed E-state index contributed by atoms with van der Waals surface area (Å²) in [6, 6.07) is 16.5. The number of fused-ring (bicyclic) bond motifs is 3. The zero-order valence-electron chi connectivity index (χ0n) is 33.5. The molecule has 2 aliphatic rings. The molecule has 16 heteroatoms. The van der Waals surface area contributed by atoms with E-state index in [0.29, 0.717) is 145 Å². The van der Waals surface area contributed by atoms with E-state index >= 15 is 0 Å². The highest BCUT2D eigenvalue weighted by molar-refractivity contribution is 6.12. The molecule has 3 amide bonds. The SMILES string of the molecule is O=C(NCCCOCCOCCOCCOCCOCCOCCOCCOCCOCCOCCN1C(=O)C=CC1=O)OCC1c2ccccc2-c2ccccc21. The first-order valence-electron chi connectivity index (χ1n) is 20.0. The molecule has 0 aromatic heterocycles. The molecule has 0 unspecified atom stereocenters. The van der Waals surface area contributed by atoms with Crippen LogP contribution in [-0.4, -0.2) is 175 Å². The summed E-state index contributed by atoms with van der Waals surface area (Å²) < 4.78 is 60.4. The maximum Gasteiger partial charge on any atom is 0.407 e. The fourth-order valence-corrected chi connectivity index (χ4v) is 5.90. The van der Waals surface area contributed by atoms with Gasteiger partial charge in [0, 0.05) is 31.2 Å². The van der Waals surface area contributed by atoms with Crippen LogP contribution in [0.1, 0.15) is 23.5 Å². The number of carbonyl (C=O) groups excluding carboxylic acids is 3. The van der Waals surface area contributed by atoms with Crippen LogP contribution in [0.4, 0.5) is 4.79 Å². The molecule has 1 aliphatic heterocycles. The molecule has 2 aromatic rings. The van der Waals surface area contributed by atoms with Gasteiger partial charge in [-0.25, -0.2) is 4.79 Å². The van der Waals surface area contributed by atoms with Crippen molar-refractivity contribution in [3.8, 4) is 11.1 Å². The molecule has 0 spiro atoms. The molecule has 16 nitrogen and oxygen atoms in total. The first-order valence-corrected chi connectivity index (χ1v) is 20.0. The molecule has 322 valence electrons. The number of alkyl carbamates (subject to hydrolysis) is 1. The number of amides is 3. The van der Waals surface area contributed by atoms with Crippen molar-refractivity contribution in [1.82, 2.24) is 10.2 Å². The molecule has 0 saturated heterocycles. The lowest BCUT2D eigenvalue weighted by Crippen LogP contribution is -2.33. The van der Waals surface area contributed by atoms with Crippen LogP contribution >= 0.6 is 0 Å². The van der Waals surface area contributed by atoms with Crippen molar-refractivity contribution < 1.29 is 66.5 Å². The summed E-state index contributed by atoms with van der Waals surface area (Å²) in [5.74, 6) is -0.577. The Morgan fingerprint density at radius 3 is 1.22 bits per heavy atom. The van der Waals surface area contributed by atoms with E-state index in [2.05, 4.69) is 29.6 Å². The van der Waals surface area contributed by atoms with E-state index in [4.69, 9.17) is 52.1 Å². The Hall–Kier alpha value is -3.81. The van der Waals surface area contributed by atoms with Crippen LogP contribution in [0.3, 0.4) is 0 Å². The van der Waals surface area contributed by atoms with Crippen molar-refractivity contribution in [3.05, 3.63) is 71.8 Å². The predicted octanol–water partition coefficient (Wildman–Crippen LogP) is 3.01. The van der Waals surface area contributed by atoms with E-state index in [9.17, 15) is 14.4 Å². The van der Waals surface area contributed by atoms with Crippen molar-refractivity contribution in [2.75, 3.05) is 152 Å². The monoisotopic (exact) mass is 816 g/mol. The smallest absolute Gasteiger partial charge is 0.407 e. The van der Waals surface area contributed by atoms with E-state index < -0.39 is 6.09 Å². The molecule has 1 N–H and O–H groups in total. The summed E-state index contributed by atoms with van der Waals surface area (Å²) in [6.07, 6.45) is 2.76. The topological polar surface area (TPSA) is 168 Å². The summed E-state index contributed by atoms with van der Waals surface area (Å²) in [7, 11) is 0. The lowest BCUT2D eigenvalue weighted by molar-refractivity contribution is -0.137. The normalized spacial score (nSPS) is 13.4. The Morgan fingerprint density at radius 1 is 0.483 bits per heavy atom. The fraction of sp³-hybridized carbons (Fsp3) is 0.595. The second-order valence-electron chi connectivity index (χ2n) is 12.9. The first-order chi connectivity index (χ1) is 28.6. The summed E-state index contributed by atoms with van der Waals surface area (Å²) in [5.41, 5.74) is 4.79. The molecule has 1 aliphatic carbocycles. The van der Waals surface area contributed by atoms with Crippen LogP contribution in [0, 0.1) is 0 Å². The predicted molar refractivity (Wildman–Crippen MR) is 212 cm³/mol. The highest BCUT2D eigenvalue weighted by Gasteiger charge is 2.29. The maximum atomic E-state index is 12.3. The average Bonchev–Trinajstić information content (AvgIpc) is 3.74. The van der Waals surface area contributed by atoms with Crippen molar-refractivity contribution in [1.29, 1.82) is 0 Å². The number of hydrogen-bond acceptors (Lipinski definition) is 14. The molecule has 0 bridgehead atoms. The van der Waals surface area contributed by atoms with Crippen molar-refractivity contribution in [3.63, 3.8) is 0 Å². The van der Waals surface area contributed by atoms with Gasteiger partial charge in [-0.3, -0.25) is 14.5 Å². The third-order valence-corrected chi connectivity index (χ3v) is 8.79. The van der Waals surface area contributed by atoms with Crippen molar-refractivity contribution in [2.24, 2.45) is 0 Å². The summed E-state index contributed by atoms with van der Waals surface area (Å²) >= 11 is 0. The number of benzene rings is 2. The van der Waals surface area contributed by atoms with Gasteiger partial charge in [0.15, 0.2) is 0 Å². The summed E-state index contributed by atoms with van der Waals surface area (Å²) in [4.78, 5) is 36.3. The van der Waals surface area contributed by atoms with Crippen LogP contribution in [0.5, 0.6) is 0 Å². The van der Waals surface area contributed by atoms with Gasteiger partial charge in [0.1, 0.15) is 6.61 Å². The first kappa shape index (κ1) is 46.9. The van der Waals surface area contributed by atoms with E-state index in [1.165, 1.54) is 34.4 Å². The fourth-order valence-electron chi connectivity index (χ4n) is 5.90. The minimum Gasteiger partial charge on any atom is -0.449 e. The Morgan fingerprint density at radius 2 is 0.828 bits per heavy atom. The highest BCUT2D eigenvalue weighted by Crippen LogP contribution is 2.44. The zero-order valence-corrected chi connectivity index (χ0v) is 33.5. The van der Waals surface area contributed by atoms with Crippen molar-refractivity contribution >= 4 is 17.9 Å². The third kappa shape index (κ3) is 18.8. The minimum absolute atomic E-state index is 0.0436. The van der Waals surface area contributed by atoms with E-state index in [0.717, 1.165) is 4.90 Å². The van der Waals surface area contributed by atoms with Gasteiger partial charge in [-0.2, -0.15) is 0 Å². The number of rotatable bonds is 36. The lowest BCUT2D eigenvalue weighted by Gasteiger charge is -2.14. The van der Waals surface area contributed by atoms with E-state index in [-0.39, 0.29) is 30.9 Å². The molecular formula is C42H60N2O14. The Labute approximate surface area is 341 Å². The highest BCUT2D eigenvalue weighted by atomic mass is 16.6. The molecule has 2 aromatic carbocycles. The van der Waals surface area contributed by atoms with Gasteiger partial charge in [0.2, 0.25) is 0 Å². The number of nitrogens with one attached hydrogen (secondary N) is 1. The molecule has 0 saturated carbocycles. The van der Waals surface area contributed by atoms with Crippen LogP contribution < -0.4 is 5.32 Å². The number of ether oxygens (including phenoxy) is 11. The average molecular weight is 817 g/mol. The standard InChI is InChI=1S/C42H60N2O14/c45-40-10-11-41(46)44(40)13-15-49-17-19-51-21-23-53-25-27-55-29-31-57-33-32-56-30-28-54-26-24-52-22-20-50-18-16-48-14-5-12-43-42(47)58-34-39-37-8-3-1-6-35(37)36-7-2-4-9-38(36)39/h1-4,6-11,39H,5,12-34H2,(H,43,47). The maximum absolute atomic E-state index is 12.3. The van der Waals surface area contributed by atoms with E-state index in [1.54, 1.807) is 0 Å². The van der Waals surface area contributed by atoms with Crippen LogP contribution in [-0.2, 0) is 61.7 Å². The molecule has 4 rings (SSSR count). The number of carbonyl (C=O) groups is 3. The van der Waals surface area contributed by atoms with Crippen LogP contribution in [0.25, 0.3) is 11.1 Å². The number of hydrogen-bond donors (Lipinski definition) is 1. The molecule has 1 heterocycles. The number of imide groups is 1. The molecule has 58 heavy (non-hydrogen) atoms. The summed E-state index contributed by atoms with van der Waals surface area (Å²) in [6.45, 7) is 10.0. The third-order valence-electron chi connectivity index (χ3n) is 8.79. The van der Waals surface area contributed by atoms with Gasteiger partial charge >= 0.3 is 6.09 Å². The largest absolute Gasteiger partial charge is 0.449 e. The van der Waals surface area contributed by atoms with Gasteiger partial charge in [-0.1, -0.05) is 48.5 Å². The zero-order chi connectivity index (χ0) is 40.7. The second kappa shape index (κ2) is 30.3. The Kier molecular flexibility index (Phi) is 24.5. The molecule has 0 radical (unpaired) electrons. The van der Waals surface area contributed by atoms with Crippen molar-refractivity contribution in [2.45, 2.75) is 12.3 Å². The molecular weight excluding hydrogens is 756 g/mol. The van der Waals surface area contributed by atoms with Gasteiger partial charge < -0.3 is 57.4 Å². The summed E-state index contributed by atoms with van der Waals surface area (Å²) in [5, 5.41) is 2.80.